The zero-order chi connectivity index (χ0) is 36.1. The summed E-state index contributed by atoms with van der Waals surface area (Å²) in [5.41, 5.74) is 12.7. The predicted octanol–water partition coefficient (Wildman–Crippen LogP) is 10.6. The average molecular weight is 706 g/mol. The average Bonchev–Trinajstić information content (AvgIpc) is 3.86. The lowest BCUT2D eigenvalue weighted by atomic mass is 9.83. The molecule has 6 heteroatoms. The van der Waals surface area contributed by atoms with E-state index in [0.29, 0.717) is 11.9 Å². The zero-order valence-electron chi connectivity index (χ0n) is 30.0. The fraction of sp³-hybridized carbons (Fsp3) is 0.128. The summed E-state index contributed by atoms with van der Waals surface area (Å²) in [7, 11) is 0. The van der Waals surface area contributed by atoms with Crippen molar-refractivity contribution in [3.05, 3.63) is 155 Å². The number of pyridine rings is 1. The minimum Gasteiger partial charge on any atom is -0.355 e. The number of hydrogen-bond donors (Lipinski definition) is 2. The van der Waals surface area contributed by atoms with Gasteiger partial charge in [0.25, 0.3) is 0 Å². The summed E-state index contributed by atoms with van der Waals surface area (Å²) in [6, 6.07) is 31.4. The molecule has 4 aromatic carbocycles. The van der Waals surface area contributed by atoms with Crippen LogP contribution in [0.5, 0.6) is 0 Å². The van der Waals surface area contributed by atoms with Crippen molar-refractivity contribution < 1.29 is 0 Å². The van der Waals surface area contributed by atoms with Crippen molar-refractivity contribution in [3.8, 4) is 5.95 Å². The van der Waals surface area contributed by atoms with Gasteiger partial charge >= 0.3 is 0 Å². The molecule has 2 aliphatic carbocycles. The monoisotopic (exact) mass is 705 g/mol. The Kier molecular flexibility index (Phi) is 8.40. The molecular formula is C47H39N5S. The highest BCUT2D eigenvalue weighted by Crippen LogP contribution is 2.41. The van der Waals surface area contributed by atoms with Gasteiger partial charge in [-0.2, -0.15) is 0 Å². The summed E-state index contributed by atoms with van der Waals surface area (Å²) in [6.45, 7) is 6.52. The van der Waals surface area contributed by atoms with E-state index in [1.807, 2.05) is 18.3 Å². The van der Waals surface area contributed by atoms with Gasteiger partial charge in [0.2, 0.25) is 5.95 Å². The highest BCUT2D eigenvalue weighted by atomic mass is 32.1. The molecule has 258 valence electrons. The van der Waals surface area contributed by atoms with Crippen molar-refractivity contribution in [2.24, 2.45) is 5.92 Å². The lowest BCUT2D eigenvalue weighted by Crippen LogP contribution is -2.29. The minimum atomic E-state index is 0.325. The number of aromatic nitrogens is 4. The van der Waals surface area contributed by atoms with Crippen LogP contribution in [0.15, 0.2) is 132 Å². The van der Waals surface area contributed by atoms with Gasteiger partial charge in [0, 0.05) is 44.4 Å². The first-order chi connectivity index (χ1) is 26.1. The van der Waals surface area contributed by atoms with Gasteiger partial charge in [-0.3, -0.25) is 9.55 Å². The molecule has 3 aromatic heterocycles. The maximum absolute atomic E-state index is 5.49. The van der Waals surface area contributed by atoms with E-state index < -0.39 is 0 Å². The van der Waals surface area contributed by atoms with E-state index in [-0.39, 0.29) is 0 Å². The van der Waals surface area contributed by atoms with E-state index in [2.05, 4.69) is 152 Å². The highest BCUT2D eigenvalue weighted by molar-refractivity contribution is 7.80. The highest BCUT2D eigenvalue weighted by Gasteiger charge is 2.25. The maximum Gasteiger partial charge on any atom is 0.235 e. The number of para-hydroxylation sites is 3. The summed E-state index contributed by atoms with van der Waals surface area (Å²) in [6.07, 6.45) is 19.2. The summed E-state index contributed by atoms with van der Waals surface area (Å²) >= 11 is 5.35. The predicted molar refractivity (Wildman–Crippen MR) is 226 cm³/mol. The van der Waals surface area contributed by atoms with Crippen molar-refractivity contribution in [1.29, 1.82) is 0 Å². The number of benzene rings is 4. The summed E-state index contributed by atoms with van der Waals surface area (Å²) in [5, 5.41) is 8.06. The van der Waals surface area contributed by atoms with Crippen LogP contribution in [0.1, 0.15) is 50.4 Å². The van der Waals surface area contributed by atoms with Gasteiger partial charge in [-0.05, 0) is 102 Å². The van der Waals surface area contributed by atoms with Crippen LogP contribution in [0.4, 0.5) is 11.4 Å². The first-order valence-corrected chi connectivity index (χ1v) is 18.7. The number of fused-ring (bicyclic) bond motifs is 4. The molecule has 9 rings (SSSR count). The number of nitrogens with one attached hydrogen (secondary N) is 1. The Morgan fingerprint density at radius 1 is 0.868 bits per heavy atom. The molecule has 0 amide bonds. The summed E-state index contributed by atoms with van der Waals surface area (Å²) in [5.74, 6) is 0.925. The van der Waals surface area contributed by atoms with Crippen LogP contribution in [0.3, 0.4) is 0 Å². The number of thiol groups is 1. The first-order valence-electron chi connectivity index (χ1n) is 18.3. The first kappa shape index (κ1) is 32.9. The molecule has 1 N–H and O–H groups in total. The van der Waals surface area contributed by atoms with Crippen molar-refractivity contribution in [1.82, 2.24) is 19.5 Å². The van der Waals surface area contributed by atoms with Crippen LogP contribution in [0, 0.1) is 5.92 Å². The lowest BCUT2D eigenvalue weighted by Gasteiger charge is -2.24. The molecule has 1 atom stereocenters. The van der Waals surface area contributed by atoms with E-state index >= 15 is 0 Å². The quantitative estimate of drug-likeness (QED) is 0.169. The summed E-state index contributed by atoms with van der Waals surface area (Å²) in [4.78, 5) is 16.7. The Morgan fingerprint density at radius 3 is 2.47 bits per heavy atom. The van der Waals surface area contributed by atoms with Gasteiger partial charge in [0.15, 0.2) is 0 Å². The van der Waals surface area contributed by atoms with Gasteiger partial charge in [-0.1, -0.05) is 98.0 Å². The molecule has 2 aliphatic rings. The third-order valence-corrected chi connectivity index (χ3v) is 11.0. The minimum absolute atomic E-state index is 0.325. The van der Waals surface area contributed by atoms with Crippen LogP contribution in [-0.4, -0.2) is 19.5 Å². The number of nitrogens with zero attached hydrogens (tertiary/aromatic N) is 4. The van der Waals surface area contributed by atoms with Crippen LogP contribution in [-0.2, 0) is 0 Å². The molecule has 0 saturated carbocycles. The van der Waals surface area contributed by atoms with Gasteiger partial charge in [-0.25, -0.2) is 9.97 Å². The molecule has 1 unspecified atom stereocenters. The van der Waals surface area contributed by atoms with Crippen molar-refractivity contribution in [2.45, 2.75) is 38.5 Å². The van der Waals surface area contributed by atoms with E-state index in [4.69, 9.17) is 27.6 Å². The Bertz CT molecular complexity index is 2860. The third kappa shape index (κ3) is 5.53. The van der Waals surface area contributed by atoms with Gasteiger partial charge < -0.3 is 5.32 Å². The van der Waals surface area contributed by atoms with Crippen LogP contribution in [0.2, 0.25) is 0 Å². The van der Waals surface area contributed by atoms with Crippen LogP contribution < -0.4 is 15.8 Å². The standard InChI is InChI=1S/C47H39N5S/c1-4-33-34(5-2)42-44-40(24-15-27-48-44)52(45(42)46(53)41(33)30-16-9-10-17-30)47-50-39-23-14-12-21-36(39)43(51-47)31-26-25-29(3)37(28-31)35-20-11-13-22-38(35)49-32-18-7-6-8-19-32/h4-16,18-24,26-29,49,53H,17,25H2,1-3H3/b33-4+,34-5+. The van der Waals surface area contributed by atoms with E-state index in [1.54, 1.807) is 0 Å². The smallest absolute Gasteiger partial charge is 0.235 e. The van der Waals surface area contributed by atoms with Gasteiger partial charge in [0.05, 0.1) is 27.8 Å². The van der Waals surface area contributed by atoms with Crippen LogP contribution in [0.25, 0.3) is 67.7 Å². The zero-order valence-corrected chi connectivity index (χ0v) is 30.9. The maximum atomic E-state index is 5.49. The second-order valence-corrected chi connectivity index (χ2v) is 14.2. The third-order valence-electron chi connectivity index (χ3n) is 10.6. The molecule has 0 fully saturated rings. The molecule has 0 bridgehead atoms. The number of allylic oxidation sites excluding steroid dienone is 8. The van der Waals surface area contributed by atoms with Crippen molar-refractivity contribution in [2.75, 3.05) is 5.32 Å². The SMILES string of the molecule is C/C=c1/c(C2=CC=CC2)c(S)c2c(/c1=C/C)c1ncccc1n2-c1nc(C2=CCC(C)C(c3ccccc3Nc3ccccc3)=C2)c2ccccc2n1. The summed E-state index contributed by atoms with van der Waals surface area (Å²) < 4.78 is 2.19. The molecule has 53 heavy (non-hydrogen) atoms. The Labute approximate surface area is 314 Å². The van der Waals surface area contributed by atoms with Gasteiger partial charge in [-0.15, -0.1) is 12.6 Å². The Balaban J connectivity index is 1.29. The van der Waals surface area contributed by atoms with E-state index in [9.17, 15) is 0 Å². The molecule has 3 heterocycles. The molecule has 7 aromatic rings. The second-order valence-electron chi connectivity index (χ2n) is 13.7. The molecule has 5 nitrogen and oxygen atoms in total. The number of anilines is 2. The largest absolute Gasteiger partial charge is 0.355 e. The van der Waals surface area contributed by atoms with E-state index in [1.165, 1.54) is 21.9 Å². The lowest BCUT2D eigenvalue weighted by molar-refractivity contribution is 0.760. The Morgan fingerprint density at radius 2 is 1.66 bits per heavy atom. The molecule has 0 spiro atoms. The molecule has 0 saturated heterocycles. The number of rotatable bonds is 6. The van der Waals surface area contributed by atoms with Crippen molar-refractivity contribution in [3.63, 3.8) is 0 Å². The fourth-order valence-corrected chi connectivity index (χ4v) is 8.56. The topological polar surface area (TPSA) is 55.6 Å². The second kappa shape index (κ2) is 13.5. The Hall–Kier alpha value is -5.98. The van der Waals surface area contributed by atoms with Gasteiger partial charge in [0.1, 0.15) is 0 Å². The van der Waals surface area contributed by atoms with Crippen LogP contribution >= 0.6 is 12.6 Å². The fourth-order valence-electron chi connectivity index (χ4n) is 8.09. The molecule has 0 aliphatic heterocycles. The molecule has 0 radical (unpaired) electrons. The van der Waals surface area contributed by atoms with E-state index in [0.717, 1.165) is 84.0 Å². The molecular weight excluding hydrogens is 667 g/mol. The number of hydrogen-bond acceptors (Lipinski definition) is 5. The van der Waals surface area contributed by atoms with Crippen molar-refractivity contribution >= 4 is 85.7 Å². The normalized spacial score (nSPS) is 16.5.